The molecule has 0 radical (unpaired) electrons. The fraction of sp³-hybridized carbons (Fsp3) is 0.688. The van der Waals surface area contributed by atoms with Crippen LogP contribution in [0.1, 0.15) is 52.0 Å². The Morgan fingerprint density at radius 1 is 1.00 bits per heavy atom. The molecule has 12 heteroatoms. The number of hydrogen-bond donors (Lipinski definition) is 4. The highest BCUT2D eigenvalue weighted by Gasteiger charge is 2.31. The van der Waals surface area contributed by atoms with Crippen molar-refractivity contribution >= 4 is 23.6 Å². The molecule has 2 aliphatic rings. The molecule has 2 atom stereocenters. The molecule has 2 fully saturated rings. The van der Waals surface area contributed by atoms with E-state index >= 15 is 0 Å². The van der Waals surface area contributed by atoms with Gasteiger partial charge in [-0.2, -0.15) is 0 Å². The van der Waals surface area contributed by atoms with Gasteiger partial charge in [-0.1, -0.05) is 39.0 Å². The Labute approximate surface area is 261 Å². The van der Waals surface area contributed by atoms with Gasteiger partial charge in [-0.05, 0) is 42.7 Å². The van der Waals surface area contributed by atoms with Crippen molar-refractivity contribution in [2.45, 2.75) is 53.0 Å². The number of phenols is 1. The maximum Gasteiger partial charge on any atom is 0.249 e. The third kappa shape index (κ3) is 13.2. The molecule has 2 heterocycles. The predicted octanol–water partition coefficient (Wildman–Crippen LogP) is 1.27. The van der Waals surface area contributed by atoms with Gasteiger partial charge in [-0.25, -0.2) is 0 Å². The van der Waals surface area contributed by atoms with Gasteiger partial charge in [0.2, 0.25) is 23.6 Å². The Bertz CT molecular complexity index is 1090. The average molecular weight is 618 g/mol. The summed E-state index contributed by atoms with van der Waals surface area (Å²) >= 11 is 0. The van der Waals surface area contributed by atoms with Crippen LogP contribution < -0.4 is 16.0 Å². The minimum Gasteiger partial charge on any atom is -0.508 e. The topological polar surface area (TPSA) is 150 Å². The van der Waals surface area contributed by atoms with Gasteiger partial charge in [-0.3, -0.25) is 24.1 Å². The van der Waals surface area contributed by atoms with Crippen LogP contribution in [0, 0.1) is 17.3 Å². The van der Waals surface area contributed by atoms with Crippen molar-refractivity contribution < 1.29 is 33.8 Å². The van der Waals surface area contributed by atoms with Crippen LogP contribution in [0.3, 0.4) is 0 Å². The van der Waals surface area contributed by atoms with Crippen molar-refractivity contribution in [1.29, 1.82) is 0 Å². The van der Waals surface area contributed by atoms with Crippen LogP contribution in [0.4, 0.5) is 0 Å². The third-order valence-corrected chi connectivity index (χ3v) is 7.89. The average Bonchev–Trinajstić information content (AvgIpc) is 2.95. The second kappa shape index (κ2) is 17.9. The summed E-state index contributed by atoms with van der Waals surface area (Å²) in [6, 6.07) is 7.31. The number of hydrogen-bond acceptors (Lipinski definition) is 8. The highest BCUT2D eigenvalue weighted by molar-refractivity contribution is 5.85. The van der Waals surface area contributed by atoms with Gasteiger partial charge in [0.25, 0.3) is 0 Å². The van der Waals surface area contributed by atoms with E-state index in [-0.39, 0.29) is 86.1 Å². The van der Waals surface area contributed by atoms with Crippen LogP contribution in [0.2, 0.25) is 0 Å². The number of benzene rings is 1. The number of rotatable bonds is 6. The summed E-state index contributed by atoms with van der Waals surface area (Å²) in [6.45, 7) is 9.74. The molecule has 1 aromatic rings. The summed E-state index contributed by atoms with van der Waals surface area (Å²) in [4.78, 5) is 54.6. The Kier molecular flexibility index (Phi) is 14.4. The SMILES string of the molecule is CC(C)(C)CC(=O)NCCN1CC(=O)NCC[C@H]2CN(Cc3ccccc3O)CC[C@H]2CC(=O)NCCOCCOCC1=O. The van der Waals surface area contributed by atoms with Crippen LogP contribution in [0.15, 0.2) is 24.3 Å². The largest absolute Gasteiger partial charge is 0.508 e. The predicted molar refractivity (Wildman–Crippen MR) is 166 cm³/mol. The van der Waals surface area contributed by atoms with Crippen molar-refractivity contribution in [3.63, 3.8) is 0 Å². The second-order valence-corrected chi connectivity index (χ2v) is 12.9. The summed E-state index contributed by atoms with van der Waals surface area (Å²) in [6.07, 6.45) is 2.26. The number of nitrogens with zero attached hydrogens (tertiary/aromatic N) is 2. The fourth-order valence-electron chi connectivity index (χ4n) is 5.62. The molecular formula is C32H51N5O7. The maximum atomic E-state index is 13.0. The number of aromatic hydroxyl groups is 1. The quantitative estimate of drug-likeness (QED) is 0.373. The van der Waals surface area contributed by atoms with E-state index in [4.69, 9.17) is 9.47 Å². The lowest BCUT2D eigenvalue weighted by atomic mass is 9.80. The third-order valence-electron chi connectivity index (χ3n) is 7.89. The number of ether oxygens (including phenoxy) is 2. The Morgan fingerprint density at radius 2 is 1.75 bits per heavy atom. The molecule has 0 unspecified atom stereocenters. The number of carbonyl (C=O) groups excluding carboxylic acids is 4. The minimum atomic E-state index is -0.345. The van der Waals surface area contributed by atoms with E-state index in [0.717, 1.165) is 25.1 Å². The lowest BCUT2D eigenvalue weighted by Gasteiger charge is -2.38. The van der Waals surface area contributed by atoms with Gasteiger partial charge in [0.15, 0.2) is 0 Å². The van der Waals surface area contributed by atoms with Gasteiger partial charge < -0.3 is 35.4 Å². The van der Waals surface area contributed by atoms with Crippen LogP contribution in [-0.2, 0) is 35.2 Å². The molecule has 44 heavy (non-hydrogen) atoms. The summed E-state index contributed by atoms with van der Waals surface area (Å²) in [5, 5.41) is 19.0. The molecule has 2 aliphatic heterocycles. The van der Waals surface area contributed by atoms with Crippen molar-refractivity contribution in [3.8, 4) is 5.75 Å². The fourth-order valence-corrected chi connectivity index (χ4v) is 5.62. The van der Waals surface area contributed by atoms with E-state index in [2.05, 4.69) is 20.9 Å². The molecule has 0 saturated carbocycles. The second-order valence-electron chi connectivity index (χ2n) is 12.9. The molecule has 4 amide bonds. The summed E-state index contributed by atoms with van der Waals surface area (Å²) < 4.78 is 11.0. The molecule has 1 aromatic carbocycles. The number of piperidine rings is 1. The molecule has 2 saturated heterocycles. The van der Waals surface area contributed by atoms with Gasteiger partial charge >= 0.3 is 0 Å². The standard InChI is InChI=1S/C32H51N5O7/c1-32(2,3)19-29(40)34-11-14-37-22-30(41)33-10-8-25-20-36(21-26-6-4-5-7-27(26)38)13-9-24(25)18-28(39)35-12-15-43-16-17-44-23-31(37)42/h4-7,24-25,38H,8-23H2,1-3H3,(H,33,41)(H,34,40)(H,35,39)/t24-,25-/m0/s1. The molecule has 0 aromatic heterocycles. The van der Waals surface area contributed by atoms with Crippen LogP contribution in [0.25, 0.3) is 0 Å². The highest BCUT2D eigenvalue weighted by Crippen LogP contribution is 2.31. The van der Waals surface area contributed by atoms with Gasteiger partial charge in [0, 0.05) is 57.7 Å². The summed E-state index contributed by atoms with van der Waals surface area (Å²) in [7, 11) is 0. The van der Waals surface area contributed by atoms with E-state index in [9.17, 15) is 24.3 Å². The molecule has 246 valence electrons. The molecule has 0 spiro atoms. The van der Waals surface area contributed by atoms with Crippen molar-refractivity contribution in [2.75, 3.05) is 72.2 Å². The maximum absolute atomic E-state index is 13.0. The minimum absolute atomic E-state index is 0.0215. The van der Waals surface area contributed by atoms with Crippen molar-refractivity contribution in [1.82, 2.24) is 25.8 Å². The zero-order valence-corrected chi connectivity index (χ0v) is 26.6. The van der Waals surface area contributed by atoms with Crippen LogP contribution >= 0.6 is 0 Å². The molecule has 4 N–H and O–H groups in total. The molecule has 12 nitrogen and oxygen atoms in total. The Balaban J connectivity index is 1.62. The van der Waals surface area contributed by atoms with E-state index in [0.29, 0.717) is 45.5 Å². The highest BCUT2D eigenvalue weighted by atomic mass is 16.5. The lowest BCUT2D eigenvalue weighted by Crippen LogP contribution is -2.46. The first-order valence-electron chi connectivity index (χ1n) is 15.7. The Hall–Kier alpha value is -3.22. The van der Waals surface area contributed by atoms with E-state index in [1.807, 2.05) is 32.9 Å². The number of carbonyl (C=O) groups is 4. The monoisotopic (exact) mass is 617 g/mol. The first kappa shape index (κ1) is 35.3. The molecule has 0 aliphatic carbocycles. The van der Waals surface area contributed by atoms with Crippen LogP contribution in [0.5, 0.6) is 5.75 Å². The van der Waals surface area contributed by atoms with E-state index < -0.39 is 0 Å². The first-order chi connectivity index (χ1) is 21.0. The van der Waals surface area contributed by atoms with Gasteiger partial charge in [0.1, 0.15) is 12.4 Å². The van der Waals surface area contributed by atoms with Crippen molar-refractivity contribution in [3.05, 3.63) is 29.8 Å². The number of amides is 4. The first-order valence-corrected chi connectivity index (χ1v) is 15.7. The van der Waals surface area contributed by atoms with Gasteiger partial charge in [-0.15, -0.1) is 0 Å². The van der Waals surface area contributed by atoms with Gasteiger partial charge in [0.05, 0.1) is 26.4 Å². The summed E-state index contributed by atoms with van der Waals surface area (Å²) in [5.74, 6) is -0.193. The zero-order chi connectivity index (χ0) is 32.0. The normalized spacial score (nSPS) is 22.5. The number of para-hydroxylation sites is 1. The zero-order valence-electron chi connectivity index (χ0n) is 26.6. The number of fused-ring (bicyclic) bond motifs is 1. The number of nitrogens with one attached hydrogen (secondary N) is 3. The molecular weight excluding hydrogens is 566 g/mol. The van der Waals surface area contributed by atoms with Crippen molar-refractivity contribution in [2.24, 2.45) is 17.3 Å². The Morgan fingerprint density at radius 3 is 2.52 bits per heavy atom. The smallest absolute Gasteiger partial charge is 0.249 e. The van der Waals surface area contributed by atoms with Crippen LogP contribution in [-0.4, -0.2) is 111 Å². The summed E-state index contributed by atoms with van der Waals surface area (Å²) in [5.41, 5.74) is 0.701. The van der Waals surface area contributed by atoms with E-state index in [1.165, 1.54) is 4.90 Å². The molecule has 0 bridgehead atoms. The van der Waals surface area contributed by atoms with E-state index in [1.54, 1.807) is 12.1 Å². The molecule has 3 rings (SSSR count). The lowest BCUT2D eigenvalue weighted by molar-refractivity contribution is -0.140. The number of likely N-dealkylation sites (tertiary alicyclic amines) is 1. The number of phenolic OH excluding ortho intramolecular Hbond substituents is 1.